The third-order valence-corrected chi connectivity index (χ3v) is 6.52. The van der Waals surface area contributed by atoms with Crippen LogP contribution in [0, 0.1) is 5.82 Å². The van der Waals surface area contributed by atoms with Gasteiger partial charge < -0.3 is 25.3 Å². The van der Waals surface area contributed by atoms with E-state index in [1.165, 1.54) is 6.07 Å². The maximum absolute atomic E-state index is 14.7. The van der Waals surface area contributed by atoms with Crippen LogP contribution in [0.5, 0.6) is 0 Å². The Morgan fingerprint density at radius 2 is 1.97 bits per heavy atom. The van der Waals surface area contributed by atoms with Gasteiger partial charge in [-0.3, -0.25) is 4.79 Å². The van der Waals surface area contributed by atoms with E-state index in [0.29, 0.717) is 42.3 Å². The lowest BCUT2D eigenvalue weighted by Gasteiger charge is -2.16. The predicted octanol–water partition coefficient (Wildman–Crippen LogP) is 5.72. The minimum absolute atomic E-state index is 0.0538. The summed E-state index contributed by atoms with van der Waals surface area (Å²) in [7, 11) is 0. The molecular weight excluding hydrogens is 497 g/mol. The number of halogens is 2. The average molecular weight is 522 g/mol. The van der Waals surface area contributed by atoms with Crippen LogP contribution in [0.4, 0.5) is 26.4 Å². The summed E-state index contributed by atoms with van der Waals surface area (Å²) in [5.74, 6) is -0.0603. The topological polar surface area (TPSA) is 97.3 Å². The molecular formula is C27H25ClFN5O3. The molecule has 0 aliphatic carbocycles. The molecule has 5 rings (SSSR count). The second kappa shape index (κ2) is 10.6. The van der Waals surface area contributed by atoms with Crippen molar-refractivity contribution in [1.29, 1.82) is 0 Å². The zero-order chi connectivity index (χ0) is 25.9. The Bertz CT molecular complexity index is 1520. The van der Waals surface area contributed by atoms with Crippen molar-refractivity contribution >= 4 is 45.7 Å². The zero-order valence-electron chi connectivity index (χ0n) is 20.1. The van der Waals surface area contributed by atoms with Crippen molar-refractivity contribution in [3.63, 3.8) is 0 Å². The summed E-state index contributed by atoms with van der Waals surface area (Å²) in [6.45, 7) is 3.60. The molecule has 10 heteroatoms. The number of hydrogen-bond donors (Lipinski definition) is 3. The lowest BCUT2D eigenvalue weighted by Crippen LogP contribution is -2.23. The molecule has 1 saturated heterocycles. The molecule has 2 amide bonds. The van der Waals surface area contributed by atoms with Crippen LogP contribution in [-0.4, -0.2) is 34.8 Å². The van der Waals surface area contributed by atoms with Crippen LogP contribution in [0.3, 0.4) is 0 Å². The molecule has 2 aromatic heterocycles. The van der Waals surface area contributed by atoms with E-state index in [-0.39, 0.29) is 27.9 Å². The van der Waals surface area contributed by atoms with E-state index in [2.05, 4.69) is 20.9 Å². The summed E-state index contributed by atoms with van der Waals surface area (Å²) < 4.78 is 21.8. The van der Waals surface area contributed by atoms with Crippen molar-refractivity contribution in [2.24, 2.45) is 0 Å². The number of rotatable bonds is 6. The number of aromatic nitrogens is 2. The molecule has 1 aliphatic rings. The number of anilines is 3. The van der Waals surface area contributed by atoms with E-state index >= 15 is 0 Å². The number of fused-ring (bicyclic) bond motifs is 1. The molecule has 0 radical (unpaired) electrons. The number of ether oxygens (including phenoxy) is 1. The van der Waals surface area contributed by atoms with Gasteiger partial charge in [0, 0.05) is 47.6 Å². The fourth-order valence-corrected chi connectivity index (χ4v) is 4.63. The molecule has 1 unspecified atom stereocenters. The fraction of sp³-hybridized carbons (Fsp3) is 0.222. The van der Waals surface area contributed by atoms with Crippen LogP contribution >= 0.6 is 11.6 Å². The SMILES string of the molecule is CCn1c(=O)c(-c2cc(NC(=O)Nc3ccccc3)c(F)cc2Cl)cc2cnc(NC3CCOC3)cc21. The van der Waals surface area contributed by atoms with Crippen molar-refractivity contribution < 1.29 is 13.9 Å². The Balaban J connectivity index is 1.50. The first kappa shape index (κ1) is 24.7. The molecule has 3 heterocycles. The van der Waals surface area contributed by atoms with Crippen LogP contribution in [-0.2, 0) is 11.3 Å². The molecule has 0 saturated carbocycles. The highest BCUT2D eigenvalue weighted by Crippen LogP contribution is 2.33. The van der Waals surface area contributed by atoms with E-state index in [1.54, 1.807) is 41.1 Å². The minimum atomic E-state index is -0.721. The molecule has 190 valence electrons. The first-order chi connectivity index (χ1) is 17.9. The summed E-state index contributed by atoms with van der Waals surface area (Å²) in [4.78, 5) is 30.5. The molecule has 1 fully saturated rings. The number of nitrogens with zero attached hydrogens (tertiary/aromatic N) is 2. The number of carbonyl (C=O) groups is 1. The van der Waals surface area contributed by atoms with E-state index in [9.17, 15) is 14.0 Å². The number of benzene rings is 2. The van der Waals surface area contributed by atoms with Gasteiger partial charge in [-0.15, -0.1) is 0 Å². The minimum Gasteiger partial charge on any atom is -0.379 e. The van der Waals surface area contributed by atoms with E-state index in [4.69, 9.17) is 16.3 Å². The van der Waals surface area contributed by atoms with E-state index in [1.807, 2.05) is 19.1 Å². The van der Waals surface area contributed by atoms with E-state index in [0.717, 1.165) is 17.9 Å². The smallest absolute Gasteiger partial charge is 0.323 e. The van der Waals surface area contributed by atoms with Gasteiger partial charge in [0.2, 0.25) is 0 Å². The molecule has 0 spiro atoms. The maximum atomic E-state index is 14.7. The zero-order valence-corrected chi connectivity index (χ0v) is 20.8. The van der Waals surface area contributed by atoms with Crippen LogP contribution in [0.25, 0.3) is 22.0 Å². The van der Waals surface area contributed by atoms with Crippen molar-refractivity contribution in [1.82, 2.24) is 9.55 Å². The Labute approximate surface area is 217 Å². The van der Waals surface area contributed by atoms with Crippen molar-refractivity contribution in [3.8, 4) is 11.1 Å². The van der Waals surface area contributed by atoms with Gasteiger partial charge in [0.15, 0.2) is 0 Å². The first-order valence-electron chi connectivity index (χ1n) is 11.9. The third kappa shape index (κ3) is 5.28. The number of carbonyl (C=O) groups excluding carboxylic acids is 1. The van der Waals surface area contributed by atoms with E-state index < -0.39 is 11.8 Å². The summed E-state index contributed by atoms with van der Waals surface area (Å²) >= 11 is 6.39. The summed E-state index contributed by atoms with van der Waals surface area (Å²) in [6.07, 6.45) is 2.58. The predicted molar refractivity (Wildman–Crippen MR) is 144 cm³/mol. The Hall–Kier alpha value is -3.95. The second-order valence-electron chi connectivity index (χ2n) is 8.70. The second-order valence-corrected chi connectivity index (χ2v) is 9.10. The number of para-hydroxylation sites is 1. The molecule has 37 heavy (non-hydrogen) atoms. The van der Waals surface area contributed by atoms with Crippen LogP contribution < -0.4 is 21.5 Å². The largest absolute Gasteiger partial charge is 0.379 e. The van der Waals surface area contributed by atoms with Gasteiger partial charge in [0.05, 0.1) is 28.9 Å². The molecule has 2 aromatic carbocycles. The molecule has 4 aromatic rings. The van der Waals surface area contributed by atoms with Crippen LogP contribution in [0.15, 0.2) is 65.6 Å². The van der Waals surface area contributed by atoms with Gasteiger partial charge in [-0.2, -0.15) is 0 Å². The van der Waals surface area contributed by atoms with Gasteiger partial charge >= 0.3 is 6.03 Å². The standard InChI is InChI=1S/C27H25ClFN5O3/c1-2-34-24-13-25(31-18-8-9-37-15-18)30-14-16(24)10-20(26(34)35)19-11-23(22(29)12-21(19)28)33-27(36)32-17-6-4-3-5-7-17/h3-7,10-14,18H,2,8-9,15H2,1H3,(H,30,31)(H2,32,33,36). The molecule has 1 atom stereocenters. The number of urea groups is 1. The van der Waals surface area contributed by atoms with Crippen molar-refractivity contribution in [2.75, 3.05) is 29.2 Å². The monoisotopic (exact) mass is 521 g/mol. The van der Waals surface area contributed by atoms with Crippen LogP contribution in [0.1, 0.15) is 13.3 Å². The van der Waals surface area contributed by atoms with Gasteiger partial charge in [0.1, 0.15) is 11.6 Å². The molecule has 1 aliphatic heterocycles. The summed E-state index contributed by atoms with van der Waals surface area (Å²) in [5.41, 5.74) is 1.45. The lowest BCUT2D eigenvalue weighted by molar-refractivity contribution is 0.195. The Morgan fingerprint density at radius 1 is 1.16 bits per heavy atom. The van der Waals surface area contributed by atoms with Gasteiger partial charge in [-0.1, -0.05) is 29.8 Å². The van der Waals surface area contributed by atoms with Crippen LogP contribution in [0.2, 0.25) is 5.02 Å². The third-order valence-electron chi connectivity index (χ3n) is 6.20. The number of aryl methyl sites for hydroxylation is 1. The number of amides is 2. The maximum Gasteiger partial charge on any atom is 0.323 e. The van der Waals surface area contributed by atoms with Crippen molar-refractivity contribution in [3.05, 3.63) is 82.0 Å². The quantitative estimate of drug-likeness (QED) is 0.301. The Kier molecular flexibility index (Phi) is 7.07. The number of hydrogen-bond acceptors (Lipinski definition) is 5. The molecule has 3 N–H and O–H groups in total. The first-order valence-corrected chi connectivity index (χ1v) is 12.3. The number of pyridine rings is 2. The lowest BCUT2D eigenvalue weighted by atomic mass is 10.0. The highest BCUT2D eigenvalue weighted by atomic mass is 35.5. The summed E-state index contributed by atoms with van der Waals surface area (Å²) in [6, 6.07) is 14.3. The van der Waals surface area contributed by atoms with Gasteiger partial charge in [0.25, 0.3) is 5.56 Å². The van der Waals surface area contributed by atoms with Gasteiger partial charge in [-0.05, 0) is 43.7 Å². The highest BCUT2D eigenvalue weighted by molar-refractivity contribution is 6.33. The van der Waals surface area contributed by atoms with Gasteiger partial charge in [-0.25, -0.2) is 14.2 Å². The highest BCUT2D eigenvalue weighted by Gasteiger charge is 2.19. The Morgan fingerprint density at radius 3 is 2.70 bits per heavy atom. The van der Waals surface area contributed by atoms with Crippen molar-refractivity contribution in [2.45, 2.75) is 25.9 Å². The molecule has 8 nitrogen and oxygen atoms in total. The fourth-order valence-electron chi connectivity index (χ4n) is 4.37. The number of nitrogens with one attached hydrogen (secondary N) is 3. The summed E-state index contributed by atoms with van der Waals surface area (Å²) in [5, 5.41) is 9.26. The normalized spacial score (nSPS) is 15.1. The average Bonchev–Trinajstić information content (AvgIpc) is 3.39. The molecule has 0 bridgehead atoms.